The van der Waals surface area contributed by atoms with Gasteiger partial charge in [0.15, 0.2) is 0 Å². The Labute approximate surface area is 73.8 Å². The molecule has 0 heterocycles. The first kappa shape index (κ1) is 4.42. The Kier molecular flexibility index (Phi) is 1.48. The summed E-state index contributed by atoms with van der Waals surface area (Å²) < 4.78 is 35.4. The third kappa shape index (κ3) is 7.29. The molecule has 0 rings (SSSR count). The Morgan fingerprint density at radius 1 is 1.91 bits per heavy atom. The van der Waals surface area contributed by atoms with Crippen LogP contribution in [0.2, 0.25) is 0 Å². The van der Waals surface area contributed by atoms with Gasteiger partial charge >= 0.3 is 5.97 Å². The second kappa shape index (κ2) is 3.69. The highest BCUT2D eigenvalue weighted by molar-refractivity contribution is 5.67. The van der Waals surface area contributed by atoms with E-state index in [1.807, 2.05) is 0 Å². The van der Waals surface area contributed by atoms with Crippen LogP contribution in [0.4, 0.5) is 0 Å². The number of nitrogens with zero attached hydrogens (tertiary/aromatic N) is 1. The fourth-order valence-corrected chi connectivity index (χ4v) is 0.665. The van der Waals surface area contributed by atoms with Crippen LogP contribution in [0.25, 0.3) is 0 Å². The van der Waals surface area contributed by atoms with Crippen molar-refractivity contribution in [2.75, 3.05) is 27.6 Å². The van der Waals surface area contributed by atoms with E-state index in [1.54, 1.807) is 0 Å². The molecular weight excluding hydrogens is 146 g/mol. The standard InChI is InChI=1S/C7H15NO3/c1-8(2,3)5-6(9)4-7(10)11/h6,9H,4-5H2,1-3H3/p+1/t6-/m0/s1/i1D3,6D,9D. The van der Waals surface area contributed by atoms with Gasteiger partial charge in [0.25, 0.3) is 0 Å². The molecule has 66 valence electrons. The number of rotatable bonds is 5. The number of hydrogen-bond donors (Lipinski definition) is 2. The van der Waals surface area contributed by atoms with Crippen LogP contribution >= 0.6 is 0 Å². The third-order valence-electron chi connectivity index (χ3n) is 0.920. The zero-order valence-electron chi connectivity index (χ0n) is 11.6. The third-order valence-corrected chi connectivity index (χ3v) is 0.920. The number of likely N-dealkylation sites (N-methyl/N-ethyl adjacent to an activating group) is 1. The van der Waals surface area contributed by atoms with Crippen LogP contribution < -0.4 is 0 Å². The average molecular weight is 167 g/mol. The first-order valence-electron chi connectivity index (χ1n) is 5.54. The highest BCUT2D eigenvalue weighted by atomic mass is 16.4. The summed E-state index contributed by atoms with van der Waals surface area (Å²) in [5.74, 6) is -1.31. The largest absolute Gasteiger partial charge is 0.481 e. The number of carbonyl (C=O) groups is 1. The molecule has 4 nitrogen and oxygen atoms in total. The molecule has 0 aromatic rings. The molecular formula is C7H16NO3+. The summed E-state index contributed by atoms with van der Waals surface area (Å²) in [4.78, 5) is 10.5. The van der Waals surface area contributed by atoms with E-state index in [-0.39, 0.29) is 0 Å². The fraction of sp³-hybridized carbons (Fsp3) is 0.857. The number of carboxylic acid groups (broad SMARTS) is 1. The molecule has 0 fully saturated rings. The van der Waals surface area contributed by atoms with Crippen molar-refractivity contribution in [1.29, 1.82) is 1.43 Å². The van der Waals surface area contributed by atoms with Crippen molar-refractivity contribution in [2.24, 2.45) is 0 Å². The van der Waals surface area contributed by atoms with Gasteiger partial charge in [0.05, 0.1) is 33.0 Å². The summed E-state index contributed by atoms with van der Waals surface area (Å²) in [7, 11) is 2.66. The van der Waals surface area contributed by atoms with Crippen molar-refractivity contribution in [2.45, 2.75) is 12.5 Å². The van der Waals surface area contributed by atoms with Gasteiger partial charge < -0.3 is 14.7 Å². The Bertz CT molecular complexity index is 267. The van der Waals surface area contributed by atoms with E-state index in [0.717, 1.165) is 0 Å². The molecule has 11 heavy (non-hydrogen) atoms. The van der Waals surface area contributed by atoms with Crippen molar-refractivity contribution < 1.29 is 25.0 Å². The fourth-order valence-electron chi connectivity index (χ4n) is 0.665. The normalized spacial score (nSPS) is 25.1. The Hall–Kier alpha value is -0.610. The molecule has 0 spiro atoms. The minimum Gasteiger partial charge on any atom is -0.481 e. The Morgan fingerprint density at radius 3 is 2.91 bits per heavy atom. The van der Waals surface area contributed by atoms with Crippen LogP contribution in [0.1, 0.15) is 11.9 Å². The van der Waals surface area contributed by atoms with Crippen LogP contribution in [-0.2, 0) is 4.79 Å². The lowest BCUT2D eigenvalue weighted by molar-refractivity contribution is -0.873. The van der Waals surface area contributed by atoms with Gasteiger partial charge in [0, 0.05) is 0 Å². The average Bonchev–Trinajstić information content (AvgIpc) is 1.99. The van der Waals surface area contributed by atoms with Crippen LogP contribution in [0, 0.1) is 0 Å². The van der Waals surface area contributed by atoms with Gasteiger partial charge in [-0.25, -0.2) is 0 Å². The second-order valence-corrected chi connectivity index (χ2v) is 2.95. The van der Waals surface area contributed by atoms with E-state index in [2.05, 4.69) is 5.11 Å². The lowest BCUT2D eigenvalue weighted by Crippen LogP contribution is -2.42. The van der Waals surface area contributed by atoms with Gasteiger partial charge in [-0.3, -0.25) is 4.79 Å². The summed E-state index contributed by atoms with van der Waals surface area (Å²) in [6.45, 7) is -2.82. The molecule has 0 bridgehead atoms. The molecule has 0 aliphatic carbocycles. The maximum absolute atomic E-state index is 10.5. The van der Waals surface area contributed by atoms with Crippen LogP contribution in [0.5, 0.6) is 0 Å². The minimum absolute atomic E-state index is 0.417. The summed E-state index contributed by atoms with van der Waals surface area (Å²) in [5.41, 5.74) is 0. The van der Waals surface area contributed by atoms with Crippen molar-refractivity contribution in [3.05, 3.63) is 0 Å². The molecule has 0 unspecified atom stereocenters. The molecule has 4 heteroatoms. The number of carboxylic acids is 1. The smallest absolute Gasteiger partial charge is 0.306 e. The van der Waals surface area contributed by atoms with E-state index in [0.29, 0.717) is 0 Å². The van der Waals surface area contributed by atoms with Crippen molar-refractivity contribution >= 4 is 5.97 Å². The van der Waals surface area contributed by atoms with Gasteiger partial charge in [-0.15, -0.1) is 0 Å². The summed E-state index contributed by atoms with van der Waals surface area (Å²) in [6.07, 6.45) is -2.81. The zero-order valence-corrected chi connectivity index (χ0v) is 6.63. The molecule has 1 atom stereocenters. The molecule has 0 aromatic heterocycles. The molecule has 0 aromatic carbocycles. The Balaban J connectivity index is 4.84. The first-order chi connectivity index (χ1) is 6.93. The number of aliphatic hydroxyl groups is 1. The first-order valence-corrected chi connectivity index (χ1v) is 3.13. The Morgan fingerprint density at radius 2 is 2.55 bits per heavy atom. The van der Waals surface area contributed by atoms with Crippen molar-refractivity contribution in [3.63, 3.8) is 0 Å². The number of hydrogen-bond acceptors (Lipinski definition) is 2. The predicted molar refractivity (Wildman–Crippen MR) is 41.2 cm³/mol. The molecule has 0 aliphatic heterocycles. The van der Waals surface area contributed by atoms with E-state index < -0.39 is 36.5 Å². The van der Waals surface area contributed by atoms with Gasteiger partial charge in [-0.05, 0) is 0 Å². The van der Waals surface area contributed by atoms with Gasteiger partial charge in [-0.2, -0.15) is 0 Å². The molecule has 0 amide bonds. The van der Waals surface area contributed by atoms with Crippen LogP contribution in [0.15, 0.2) is 0 Å². The van der Waals surface area contributed by atoms with E-state index >= 15 is 0 Å². The molecule has 2 N–H and O–H groups in total. The van der Waals surface area contributed by atoms with Gasteiger partial charge in [0.2, 0.25) is 1.43 Å². The second-order valence-electron chi connectivity index (χ2n) is 2.95. The summed E-state index contributed by atoms with van der Waals surface area (Å²) in [6, 6.07) is 0. The molecule has 0 radical (unpaired) electrons. The minimum atomic E-state index is -2.40. The van der Waals surface area contributed by atoms with E-state index in [1.165, 1.54) is 14.1 Å². The maximum Gasteiger partial charge on any atom is 0.306 e. The quantitative estimate of drug-likeness (QED) is 0.544. The predicted octanol–water partition coefficient (Wildman–Crippen LogP) is -0.472. The zero-order chi connectivity index (χ0) is 13.2. The van der Waals surface area contributed by atoms with Crippen LogP contribution in [-0.4, -0.2) is 55.8 Å². The highest BCUT2D eigenvalue weighted by Crippen LogP contribution is 1.98. The maximum atomic E-state index is 10.5. The van der Waals surface area contributed by atoms with Gasteiger partial charge in [-0.1, -0.05) is 0 Å². The molecule has 0 saturated carbocycles. The van der Waals surface area contributed by atoms with Gasteiger partial charge in [0.1, 0.15) is 12.6 Å². The van der Waals surface area contributed by atoms with Crippen molar-refractivity contribution in [1.82, 2.24) is 0 Å². The number of aliphatic carboxylic acids is 1. The monoisotopic (exact) mass is 167 g/mol. The highest BCUT2D eigenvalue weighted by Gasteiger charge is 2.17. The molecule has 0 saturated heterocycles. The SMILES string of the molecule is [2H]O[C@@]([2H])(CC(=O)O)C[N+](C)(C)C([2H])([2H])[2H]. The summed E-state index contributed by atoms with van der Waals surface area (Å²) >= 11 is 0. The molecule has 0 aliphatic rings. The lowest BCUT2D eigenvalue weighted by Gasteiger charge is -2.25. The van der Waals surface area contributed by atoms with Crippen LogP contribution in [0.3, 0.4) is 0 Å². The van der Waals surface area contributed by atoms with E-state index in [9.17, 15) is 4.79 Å². The topological polar surface area (TPSA) is 57.5 Å². The number of quaternary nitrogens is 1. The van der Waals surface area contributed by atoms with Crippen molar-refractivity contribution in [3.8, 4) is 0 Å². The summed E-state index contributed by atoms with van der Waals surface area (Å²) in [5, 5.41) is 12.6. The lowest BCUT2D eigenvalue weighted by atomic mass is 10.2. The van der Waals surface area contributed by atoms with E-state index in [4.69, 9.17) is 12.0 Å².